The van der Waals surface area contributed by atoms with Crippen LogP contribution in [0.25, 0.3) is 10.8 Å². The summed E-state index contributed by atoms with van der Waals surface area (Å²) < 4.78 is 34.1. The second-order valence-corrected chi connectivity index (χ2v) is 12.3. The zero-order valence-electron chi connectivity index (χ0n) is 19.4. The highest BCUT2D eigenvalue weighted by Gasteiger charge is 2.56. The van der Waals surface area contributed by atoms with Gasteiger partial charge in [0.2, 0.25) is 15.9 Å². The van der Waals surface area contributed by atoms with Gasteiger partial charge in [-0.25, -0.2) is 8.42 Å². The van der Waals surface area contributed by atoms with Crippen molar-refractivity contribution < 1.29 is 17.9 Å². The second kappa shape index (κ2) is 8.00. The van der Waals surface area contributed by atoms with Crippen LogP contribution in [-0.2, 0) is 31.5 Å². The fourth-order valence-corrected chi connectivity index (χ4v) is 7.82. The maximum atomic E-state index is 14.2. The van der Waals surface area contributed by atoms with Crippen molar-refractivity contribution in [3.63, 3.8) is 0 Å². The number of fused-ring (bicyclic) bond motifs is 3. The highest BCUT2D eigenvalue weighted by atomic mass is 35.5. The Labute approximate surface area is 209 Å². The highest BCUT2D eigenvalue weighted by molar-refractivity contribution is 7.89. The molecule has 9 heteroatoms. The molecule has 1 amide bonds. The average molecular weight is 512 g/mol. The van der Waals surface area contributed by atoms with Crippen LogP contribution in [0.15, 0.2) is 54.9 Å². The third kappa shape index (κ3) is 3.66. The Morgan fingerprint density at radius 3 is 2.69 bits per heavy atom. The summed E-state index contributed by atoms with van der Waals surface area (Å²) in [7, 11) is -2.09. The summed E-state index contributed by atoms with van der Waals surface area (Å²) in [5, 5.41) is 2.42. The first-order chi connectivity index (χ1) is 16.8. The molecule has 7 nitrogen and oxygen atoms in total. The molecule has 35 heavy (non-hydrogen) atoms. The quantitative estimate of drug-likeness (QED) is 0.519. The molecule has 2 aliphatic heterocycles. The number of carbonyl (C=O) groups is 1. The second-order valence-electron chi connectivity index (χ2n) is 9.88. The van der Waals surface area contributed by atoms with Crippen LogP contribution in [-0.4, -0.2) is 55.2 Å². The molecule has 0 radical (unpaired) electrons. The summed E-state index contributed by atoms with van der Waals surface area (Å²) in [5.41, 5.74) is 0.770. The van der Waals surface area contributed by atoms with E-state index in [9.17, 15) is 13.2 Å². The summed E-state index contributed by atoms with van der Waals surface area (Å²) >= 11 is 6.37. The fraction of sp³-hybridized carbons (Fsp3) is 0.385. The normalized spacial score (nSPS) is 23.7. The monoisotopic (exact) mass is 511 g/mol. The summed E-state index contributed by atoms with van der Waals surface area (Å²) in [6.45, 7) is 0.784. The van der Waals surface area contributed by atoms with Crippen molar-refractivity contribution in [1.82, 2.24) is 9.29 Å². The molecule has 1 saturated carbocycles. The van der Waals surface area contributed by atoms with Crippen molar-refractivity contribution in [2.45, 2.75) is 36.8 Å². The minimum absolute atomic E-state index is 0.0688. The van der Waals surface area contributed by atoms with E-state index in [0.717, 1.165) is 40.4 Å². The summed E-state index contributed by atoms with van der Waals surface area (Å²) in [6, 6.07) is 13.3. The number of hydrogen-bond donors (Lipinski definition) is 0. The lowest BCUT2D eigenvalue weighted by Crippen LogP contribution is -2.53. The molecule has 2 aromatic carbocycles. The van der Waals surface area contributed by atoms with Crippen LogP contribution in [0, 0.1) is 0 Å². The Hall–Kier alpha value is -2.52. The Balaban J connectivity index is 1.43. The van der Waals surface area contributed by atoms with E-state index in [0.29, 0.717) is 18.0 Å². The van der Waals surface area contributed by atoms with E-state index in [1.54, 1.807) is 30.5 Å². The van der Waals surface area contributed by atoms with Crippen LogP contribution in [0.4, 0.5) is 5.69 Å². The zero-order valence-corrected chi connectivity index (χ0v) is 21.0. The van der Waals surface area contributed by atoms with Gasteiger partial charge < -0.3 is 9.64 Å². The Morgan fingerprint density at radius 1 is 1.11 bits per heavy atom. The van der Waals surface area contributed by atoms with Crippen molar-refractivity contribution in [1.29, 1.82) is 0 Å². The van der Waals surface area contributed by atoms with Gasteiger partial charge in [-0.3, -0.25) is 9.78 Å². The molecule has 1 atom stereocenters. The first-order valence-corrected chi connectivity index (χ1v) is 13.7. The molecule has 3 heterocycles. The fourth-order valence-electron chi connectivity index (χ4n) is 5.64. The molecule has 1 unspecified atom stereocenters. The SMILES string of the molecule is COC1(CS(=O)(=O)N2Cc3ccc(Cl)cc3C3(CCN(c4cncc5ccccc45)C3=O)C2)CC1. The molecule has 1 spiro atoms. The van der Waals surface area contributed by atoms with Gasteiger partial charge in [0.15, 0.2) is 0 Å². The molecule has 1 aromatic heterocycles. The van der Waals surface area contributed by atoms with Gasteiger partial charge in [0.25, 0.3) is 0 Å². The Bertz CT molecular complexity index is 1450. The number of nitrogens with zero attached hydrogens (tertiary/aromatic N) is 3. The van der Waals surface area contributed by atoms with E-state index >= 15 is 0 Å². The number of pyridine rings is 1. The van der Waals surface area contributed by atoms with Crippen LogP contribution >= 0.6 is 11.6 Å². The molecule has 6 rings (SSSR count). The zero-order chi connectivity index (χ0) is 24.4. The molecule has 3 aromatic rings. The number of aromatic nitrogens is 1. The van der Waals surface area contributed by atoms with E-state index in [4.69, 9.17) is 16.3 Å². The third-order valence-electron chi connectivity index (χ3n) is 7.81. The number of sulfonamides is 1. The number of carbonyl (C=O) groups excluding carboxylic acids is 1. The number of methoxy groups -OCH3 is 1. The topological polar surface area (TPSA) is 79.8 Å². The maximum absolute atomic E-state index is 14.2. The standard InChI is InChI=1S/C26H26ClN3O4S/c1-34-25(8-9-25)17-35(32,33)29-15-19-6-7-20(27)12-22(19)26(16-29)10-11-30(24(26)31)23-14-28-13-18-4-2-3-5-21(18)23/h2-7,12-14H,8-11,15-17H2,1H3. The van der Waals surface area contributed by atoms with Crippen LogP contribution in [0.5, 0.6) is 0 Å². The number of ether oxygens (including phenoxy) is 1. The number of rotatable bonds is 5. The number of benzene rings is 2. The van der Waals surface area contributed by atoms with E-state index in [1.807, 2.05) is 36.4 Å². The molecule has 0 bridgehead atoms. The largest absolute Gasteiger partial charge is 0.377 e. The smallest absolute Gasteiger partial charge is 0.239 e. The summed E-state index contributed by atoms with van der Waals surface area (Å²) in [4.78, 5) is 20.4. The molecule has 1 aliphatic carbocycles. The van der Waals surface area contributed by atoms with Crippen molar-refractivity contribution in [2.24, 2.45) is 0 Å². The molecule has 1 saturated heterocycles. The predicted octanol–water partition coefficient (Wildman–Crippen LogP) is 3.89. The third-order valence-corrected chi connectivity index (χ3v) is 9.99. The number of anilines is 1. The van der Waals surface area contributed by atoms with E-state index in [1.165, 1.54) is 4.31 Å². The minimum Gasteiger partial charge on any atom is -0.377 e. The lowest BCUT2D eigenvalue weighted by molar-refractivity contribution is -0.122. The van der Waals surface area contributed by atoms with Gasteiger partial charge in [-0.2, -0.15) is 4.31 Å². The summed E-state index contributed by atoms with van der Waals surface area (Å²) in [5.74, 6) is -0.187. The first-order valence-electron chi connectivity index (χ1n) is 11.7. The minimum atomic E-state index is -3.65. The van der Waals surface area contributed by atoms with E-state index in [-0.39, 0.29) is 24.7 Å². The van der Waals surface area contributed by atoms with Gasteiger partial charge in [0, 0.05) is 48.7 Å². The summed E-state index contributed by atoms with van der Waals surface area (Å²) in [6.07, 6.45) is 5.45. The molecular formula is C26H26ClN3O4S. The van der Waals surface area contributed by atoms with Crippen LogP contribution in [0.1, 0.15) is 30.4 Å². The number of amides is 1. The molecule has 2 fully saturated rings. The maximum Gasteiger partial charge on any atom is 0.239 e. The van der Waals surface area contributed by atoms with Gasteiger partial charge in [0.1, 0.15) is 0 Å². The molecular weight excluding hydrogens is 486 g/mol. The van der Waals surface area contributed by atoms with Gasteiger partial charge >= 0.3 is 0 Å². The first kappa shape index (κ1) is 22.9. The van der Waals surface area contributed by atoms with Crippen LogP contribution < -0.4 is 4.90 Å². The van der Waals surface area contributed by atoms with Gasteiger partial charge in [-0.1, -0.05) is 41.9 Å². The van der Waals surface area contributed by atoms with Gasteiger partial charge in [-0.15, -0.1) is 0 Å². The number of hydrogen-bond acceptors (Lipinski definition) is 5. The van der Waals surface area contributed by atoms with Crippen molar-refractivity contribution in [3.8, 4) is 0 Å². The molecule has 0 N–H and O–H groups in total. The van der Waals surface area contributed by atoms with Crippen LogP contribution in [0.3, 0.4) is 0 Å². The predicted molar refractivity (Wildman–Crippen MR) is 135 cm³/mol. The van der Waals surface area contributed by atoms with Crippen molar-refractivity contribution in [3.05, 3.63) is 71.0 Å². The van der Waals surface area contributed by atoms with E-state index < -0.39 is 21.0 Å². The Morgan fingerprint density at radius 2 is 1.91 bits per heavy atom. The van der Waals surface area contributed by atoms with E-state index in [2.05, 4.69) is 4.98 Å². The lowest BCUT2D eigenvalue weighted by atomic mass is 9.74. The lowest BCUT2D eigenvalue weighted by Gasteiger charge is -2.40. The van der Waals surface area contributed by atoms with Crippen molar-refractivity contribution >= 4 is 44.0 Å². The Kier molecular flexibility index (Phi) is 5.23. The molecule has 3 aliphatic rings. The van der Waals surface area contributed by atoms with Gasteiger partial charge in [-0.05, 0) is 42.5 Å². The van der Waals surface area contributed by atoms with Crippen LogP contribution in [0.2, 0.25) is 5.02 Å². The molecule has 182 valence electrons. The van der Waals surface area contributed by atoms with Gasteiger partial charge in [0.05, 0.1) is 28.7 Å². The average Bonchev–Trinajstić information content (AvgIpc) is 3.55. The van der Waals surface area contributed by atoms with Crippen molar-refractivity contribution in [2.75, 3.05) is 30.9 Å². The number of halogens is 1. The highest BCUT2D eigenvalue weighted by Crippen LogP contribution is 2.47.